The molecular formula is C17H17ClO. The van der Waals surface area contributed by atoms with Gasteiger partial charge >= 0.3 is 0 Å². The predicted octanol–water partition coefficient (Wildman–Crippen LogP) is 4.59. The first-order chi connectivity index (χ1) is 9.15. The first kappa shape index (κ1) is 12.6. The molecule has 0 aliphatic carbocycles. The van der Waals surface area contributed by atoms with Crippen LogP contribution < -0.4 is 4.74 Å². The predicted molar refractivity (Wildman–Crippen MR) is 79.1 cm³/mol. The molecule has 2 heteroatoms. The number of rotatable bonds is 2. The molecule has 0 radical (unpaired) electrons. The monoisotopic (exact) mass is 272 g/mol. The van der Waals surface area contributed by atoms with E-state index in [1.807, 2.05) is 18.2 Å². The van der Waals surface area contributed by atoms with Crippen LogP contribution in [0.3, 0.4) is 0 Å². The maximum Gasteiger partial charge on any atom is 0.123 e. The van der Waals surface area contributed by atoms with Crippen LogP contribution >= 0.6 is 11.6 Å². The topological polar surface area (TPSA) is 9.23 Å². The Morgan fingerprint density at radius 1 is 1.16 bits per heavy atom. The van der Waals surface area contributed by atoms with Crippen molar-refractivity contribution < 1.29 is 4.74 Å². The lowest BCUT2D eigenvalue weighted by atomic mass is 9.98. The Hall–Kier alpha value is -1.47. The molecule has 1 heterocycles. The number of hydrogen-bond donors (Lipinski definition) is 0. The summed E-state index contributed by atoms with van der Waals surface area (Å²) >= 11 is 6.64. The number of benzene rings is 2. The summed E-state index contributed by atoms with van der Waals surface area (Å²) in [6.07, 6.45) is 0.915. The molecule has 0 spiro atoms. The van der Waals surface area contributed by atoms with Crippen molar-refractivity contribution in [2.75, 3.05) is 0 Å². The SMILES string of the molecule is Cc1ccc(C(Cl)C2Cc3ccccc3O2)c(C)c1. The smallest absolute Gasteiger partial charge is 0.123 e. The van der Waals surface area contributed by atoms with Crippen LogP contribution in [0.15, 0.2) is 42.5 Å². The van der Waals surface area contributed by atoms with Crippen molar-refractivity contribution in [1.82, 2.24) is 0 Å². The van der Waals surface area contributed by atoms with Crippen LogP contribution in [0.5, 0.6) is 5.75 Å². The summed E-state index contributed by atoms with van der Waals surface area (Å²) in [6.45, 7) is 4.21. The molecule has 0 amide bonds. The molecule has 2 unspecified atom stereocenters. The molecule has 1 aliphatic rings. The normalized spacial score (nSPS) is 18.8. The first-order valence-corrected chi connectivity index (χ1v) is 7.04. The highest BCUT2D eigenvalue weighted by atomic mass is 35.5. The van der Waals surface area contributed by atoms with E-state index >= 15 is 0 Å². The summed E-state index contributed by atoms with van der Waals surface area (Å²) < 4.78 is 5.98. The fourth-order valence-electron chi connectivity index (χ4n) is 2.71. The van der Waals surface area contributed by atoms with Crippen molar-refractivity contribution in [3.63, 3.8) is 0 Å². The summed E-state index contributed by atoms with van der Waals surface area (Å²) in [5.74, 6) is 0.975. The third-order valence-corrected chi connectivity index (χ3v) is 4.24. The van der Waals surface area contributed by atoms with E-state index in [-0.39, 0.29) is 11.5 Å². The molecule has 3 rings (SSSR count). The molecule has 0 aromatic heterocycles. The van der Waals surface area contributed by atoms with E-state index in [2.05, 4.69) is 38.1 Å². The van der Waals surface area contributed by atoms with E-state index in [1.165, 1.54) is 22.3 Å². The minimum atomic E-state index is -0.104. The zero-order chi connectivity index (χ0) is 13.4. The van der Waals surface area contributed by atoms with Gasteiger partial charge in [-0.15, -0.1) is 11.6 Å². The van der Waals surface area contributed by atoms with Gasteiger partial charge in [0.1, 0.15) is 11.9 Å². The number of para-hydroxylation sites is 1. The van der Waals surface area contributed by atoms with Crippen molar-refractivity contribution in [2.45, 2.75) is 31.7 Å². The third-order valence-electron chi connectivity index (χ3n) is 3.72. The molecule has 0 N–H and O–H groups in total. The second-order valence-electron chi connectivity index (χ2n) is 5.23. The molecule has 98 valence electrons. The van der Waals surface area contributed by atoms with Gasteiger partial charge in [0.2, 0.25) is 0 Å². The van der Waals surface area contributed by atoms with Gasteiger partial charge in [-0.05, 0) is 36.6 Å². The third kappa shape index (κ3) is 2.35. The van der Waals surface area contributed by atoms with Gasteiger partial charge in [-0.3, -0.25) is 0 Å². The van der Waals surface area contributed by atoms with Crippen LogP contribution in [0.25, 0.3) is 0 Å². The van der Waals surface area contributed by atoms with Gasteiger partial charge < -0.3 is 4.74 Å². The van der Waals surface area contributed by atoms with Crippen LogP contribution in [0.2, 0.25) is 0 Å². The molecule has 2 atom stereocenters. The van der Waals surface area contributed by atoms with E-state index in [0.29, 0.717) is 0 Å². The van der Waals surface area contributed by atoms with Crippen molar-refractivity contribution in [2.24, 2.45) is 0 Å². The van der Waals surface area contributed by atoms with Crippen LogP contribution in [-0.2, 0) is 6.42 Å². The fourth-order valence-corrected chi connectivity index (χ4v) is 3.09. The van der Waals surface area contributed by atoms with E-state index in [0.717, 1.165) is 12.2 Å². The zero-order valence-electron chi connectivity index (χ0n) is 11.2. The lowest BCUT2D eigenvalue weighted by molar-refractivity contribution is 0.227. The number of ether oxygens (including phenoxy) is 1. The number of hydrogen-bond acceptors (Lipinski definition) is 1. The lowest BCUT2D eigenvalue weighted by Gasteiger charge is -2.19. The quantitative estimate of drug-likeness (QED) is 0.727. The van der Waals surface area contributed by atoms with Gasteiger partial charge in [-0.1, -0.05) is 42.0 Å². The fraction of sp³-hybridized carbons (Fsp3) is 0.294. The average molecular weight is 273 g/mol. The maximum atomic E-state index is 6.64. The Balaban J connectivity index is 1.85. The Morgan fingerprint density at radius 2 is 1.95 bits per heavy atom. The Kier molecular flexibility index (Phi) is 3.24. The van der Waals surface area contributed by atoms with Crippen LogP contribution in [-0.4, -0.2) is 6.10 Å². The van der Waals surface area contributed by atoms with Crippen molar-refractivity contribution in [3.8, 4) is 5.75 Å². The van der Waals surface area contributed by atoms with Crippen molar-refractivity contribution >= 4 is 11.6 Å². The average Bonchev–Trinajstić information content (AvgIpc) is 2.81. The summed E-state index contributed by atoms with van der Waals surface area (Å²) in [4.78, 5) is 0. The van der Waals surface area contributed by atoms with Gasteiger partial charge in [0.15, 0.2) is 0 Å². The standard InChI is InChI=1S/C17H17ClO/c1-11-7-8-14(12(2)9-11)17(18)16-10-13-5-3-4-6-15(13)19-16/h3-9,16-17H,10H2,1-2H3. The number of halogens is 1. The molecule has 0 bridgehead atoms. The Bertz CT molecular complexity index is 581. The maximum absolute atomic E-state index is 6.64. The number of aryl methyl sites for hydroxylation is 2. The van der Waals surface area contributed by atoms with Crippen molar-refractivity contribution in [1.29, 1.82) is 0 Å². The molecule has 19 heavy (non-hydrogen) atoms. The molecular weight excluding hydrogens is 256 g/mol. The lowest BCUT2D eigenvalue weighted by Crippen LogP contribution is -2.20. The highest BCUT2D eigenvalue weighted by molar-refractivity contribution is 6.21. The summed E-state index contributed by atoms with van der Waals surface area (Å²) in [5.41, 5.74) is 4.92. The largest absolute Gasteiger partial charge is 0.488 e. The minimum Gasteiger partial charge on any atom is -0.488 e. The van der Waals surface area contributed by atoms with Gasteiger partial charge in [0, 0.05) is 6.42 Å². The van der Waals surface area contributed by atoms with Gasteiger partial charge in [-0.2, -0.15) is 0 Å². The molecule has 0 saturated heterocycles. The summed E-state index contributed by atoms with van der Waals surface area (Å²) in [7, 11) is 0. The molecule has 1 nitrogen and oxygen atoms in total. The van der Waals surface area contributed by atoms with Crippen LogP contribution in [0.1, 0.15) is 27.6 Å². The zero-order valence-corrected chi connectivity index (χ0v) is 11.9. The second-order valence-corrected chi connectivity index (χ2v) is 5.70. The Labute approximate surface area is 119 Å². The van der Waals surface area contributed by atoms with Crippen LogP contribution in [0.4, 0.5) is 0 Å². The summed E-state index contributed by atoms with van der Waals surface area (Å²) in [6, 6.07) is 14.6. The highest BCUT2D eigenvalue weighted by Gasteiger charge is 2.30. The number of fused-ring (bicyclic) bond motifs is 1. The van der Waals surface area contributed by atoms with Gasteiger partial charge in [0.05, 0.1) is 5.38 Å². The molecule has 0 fully saturated rings. The number of alkyl halides is 1. The van der Waals surface area contributed by atoms with Gasteiger partial charge in [-0.25, -0.2) is 0 Å². The van der Waals surface area contributed by atoms with E-state index in [9.17, 15) is 0 Å². The molecule has 2 aromatic rings. The van der Waals surface area contributed by atoms with Crippen LogP contribution in [0, 0.1) is 13.8 Å². The summed E-state index contributed by atoms with van der Waals surface area (Å²) in [5, 5.41) is -0.104. The van der Waals surface area contributed by atoms with E-state index in [4.69, 9.17) is 16.3 Å². The van der Waals surface area contributed by atoms with E-state index in [1.54, 1.807) is 0 Å². The Morgan fingerprint density at radius 3 is 2.68 bits per heavy atom. The molecule has 2 aromatic carbocycles. The molecule has 0 saturated carbocycles. The highest BCUT2D eigenvalue weighted by Crippen LogP contribution is 2.38. The minimum absolute atomic E-state index is 0.0282. The molecule has 1 aliphatic heterocycles. The second kappa shape index (κ2) is 4.90. The van der Waals surface area contributed by atoms with Crippen molar-refractivity contribution in [3.05, 3.63) is 64.7 Å². The van der Waals surface area contributed by atoms with E-state index < -0.39 is 0 Å². The van der Waals surface area contributed by atoms with Gasteiger partial charge in [0.25, 0.3) is 0 Å². The first-order valence-electron chi connectivity index (χ1n) is 6.61.